The van der Waals surface area contributed by atoms with Gasteiger partial charge in [0.1, 0.15) is 23.5 Å². The van der Waals surface area contributed by atoms with Crippen molar-refractivity contribution in [2.45, 2.75) is 43.6 Å². The van der Waals surface area contributed by atoms with Crippen molar-refractivity contribution in [3.8, 4) is 0 Å². The summed E-state index contributed by atoms with van der Waals surface area (Å²) >= 11 is 0.953. The van der Waals surface area contributed by atoms with Crippen LogP contribution in [0.1, 0.15) is 24.2 Å². The number of anilines is 1. The molecule has 39 heavy (non-hydrogen) atoms. The number of nitrogen functional groups attached to an aromatic ring is 1. The molecule has 210 valence electrons. The number of hydrogen-bond acceptors (Lipinski definition) is 14. The Balaban J connectivity index is 1.54. The van der Waals surface area contributed by atoms with Gasteiger partial charge in [0.15, 0.2) is 10.8 Å². The molecule has 2 atom stereocenters. The van der Waals surface area contributed by atoms with E-state index in [2.05, 4.69) is 31.0 Å². The molecule has 2 aliphatic rings. The van der Waals surface area contributed by atoms with E-state index in [-0.39, 0.29) is 46.8 Å². The molecule has 1 saturated carbocycles. The maximum Gasteiger partial charge on any atom is 0.362 e. The van der Waals surface area contributed by atoms with E-state index in [0.717, 1.165) is 16.1 Å². The van der Waals surface area contributed by atoms with Gasteiger partial charge in [-0.25, -0.2) is 14.1 Å². The number of carboxylic acids is 1. The van der Waals surface area contributed by atoms with Gasteiger partial charge in [0.2, 0.25) is 11.5 Å². The lowest BCUT2D eigenvalue weighted by molar-refractivity contribution is -0.153. The van der Waals surface area contributed by atoms with E-state index in [4.69, 9.17) is 16.3 Å². The third-order valence-corrected chi connectivity index (χ3v) is 7.30. The number of nitrogens with two attached hydrogens (primary N) is 2. The molecule has 0 bridgehead atoms. The lowest BCUT2D eigenvalue weighted by atomic mass is 9.98. The van der Waals surface area contributed by atoms with Crippen molar-refractivity contribution >= 4 is 56.2 Å². The molecule has 1 aliphatic carbocycles. The molecule has 8 N–H and O–H groups in total. The van der Waals surface area contributed by atoms with Gasteiger partial charge in [-0.15, -0.1) is 11.3 Å². The topological polar surface area (TPSA) is 287 Å². The summed E-state index contributed by atoms with van der Waals surface area (Å²) in [5.41, 5.74) is 8.93. The molecule has 19 nitrogen and oxygen atoms in total. The average molecular weight is 587 g/mol. The van der Waals surface area contributed by atoms with Crippen LogP contribution >= 0.6 is 11.3 Å². The van der Waals surface area contributed by atoms with E-state index in [1.165, 1.54) is 11.6 Å². The van der Waals surface area contributed by atoms with Gasteiger partial charge >= 0.3 is 16.3 Å². The fourth-order valence-corrected chi connectivity index (χ4v) is 4.89. The Morgan fingerprint density at radius 2 is 2.05 bits per heavy atom. The zero-order valence-electron chi connectivity index (χ0n) is 19.8. The maximum atomic E-state index is 13.1. The average Bonchev–Trinajstić information content (AvgIpc) is 3.33. The molecule has 21 heteroatoms. The number of hydrogen-bond donors (Lipinski definition) is 6. The number of nitrogens with one attached hydrogen (secondary N) is 2. The molecule has 2 fully saturated rings. The molecule has 0 spiro atoms. The summed E-state index contributed by atoms with van der Waals surface area (Å²) in [6.45, 7) is -0.670. The second-order valence-corrected chi connectivity index (χ2v) is 10.6. The minimum atomic E-state index is -5.03. The summed E-state index contributed by atoms with van der Waals surface area (Å²) in [7, 11) is -5.03. The van der Waals surface area contributed by atoms with E-state index >= 15 is 0 Å². The third-order valence-electron chi connectivity index (χ3n) is 5.68. The number of carbonyl (C=O) groups excluding carboxylic acids is 3. The largest absolute Gasteiger partial charge is 0.478 e. The summed E-state index contributed by atoms with van der Waals surface area (Å²) in [5.74, 6) is -3.96. The van der Waals surface area contributed by atoms with Crippen LogP contribution in [-0.2, 0) is 47.4 Å². The van der Waals surface area contributed by atoms with E-state index < -0.39 is 63.9 Å². The molecular weight excluding hydrogens is 564 g/mol. The summed E-state index contributed by atoms with van der Waals surface area (Å²) < 4.78 is 33.3. The third kappa shape index (κ3) is 5.94. The Kier molecular flexibility index (Phi) is 7.50. The van der Waals surface area contributed by atoms with Gasteiger partial charge in [-0.3, -0.25) is 18.9 Å². The van der Waals surface area contributed by atoms with Gasteiger partial charge in [-0.1, -0.05) is 5.16 Å². The molecule has 0 aromatic carbocycles. The zero-order valence-corrected chi connectivity index (χ0v) is 21.4. The number of oxime groups is 1. The first kappa shape index (κ1) is 27.8. The Morgan fingerprint density at radius 1 is 1.33 bits per heavy atom. The number of nitrogens with zero attached hydrogens (tertiary/aromatic N) is 6. The standard InChI is InChI=1S/C18H22N10O9S2/c19-3-11(29)21-4-8-5-22-27(25-8)6-10-13(15(31)28(10)39(34,35)36)24-14(30)12(9-7-38-17(20)23-9)26-37-18(1-2-18)16(32)33/h5,7,10,13H,1-4,6,19H2,(H2,20,23)(H,21,29)(H,24,30)(H,32,33)(H,34,35,36)/b26-12-/t10-,13+/m1/s1. The van der Waals surface area contributed by atoms with E-state index in [0.29, 0.717) is 0 Å². The van der Waals surface area contributed by atoms with Crippen LogP contribution in [0.2, 0.25) is 0 Å². The first-order chi connectivity index (χ1) is 18.3. The molecule has 3 heterocycles. The second kappa shape index (κ2) is 10.5. The first-order valence-electron chi connectivity index (χ1n) is 11.0. The Morgan fingerprint density at radius 3 is 2.62 bits per heavy atom. The fraction of sp³-hybridized carbons (Fsp3) is 0.444. The van der Waals surface area contributed by atoms with Gasteiger partial charge in [-0.05, 0) is 0 Å². The predicted molar refractivity (Wildman–Crippen MR) is 129 cm³/mol. The molecule has 3 amide bonds. The Labute approximate surface area is 223 Å². The highest BCUT2D eigenvalue weighted by Crippen LogP contribution is 2.40. The summed E-state index contributed by atoms with van der Waals surface area (Å²) in [4.78, 5) is 58.5. The van der Waals surface area contributed by atoms with Crippen molar-refractivity contribution in [1.29, 1.82) is 0 Å². The van der Waals surface area contributed by atoms with Crippen molar-refractivity contribution in [3.63, 3.8) is 0 Å². The highest BCUT2D eigenvalue weighted by atomic mass is 32.2. The minimum Gasteiger partial charge on any atom is -0.478 e. The number of β-lactam (4-membered cyclic amide) rings is 1. The van der Waals surface area contributed by atoms with Crippen molar-refractivity contribution in [1.82, 2.24) is 34.9 Å². The lowest BCUT2D eigenvalue weighted by Gasteiger charge is -2.43. The monoisotopic (exact) mass is 586 g/mol. The molecular formula is C18H22N10O9S2. The van der Waals surface area contributed by atoms with Gasteiger partial charge in [0.05, 0.1) is 25.8 Å². The lowest BCUT2D eigenvalue weighted by Crippen LogP contribution is -2.73. The first-order valence-corrected chi connectivity index (χ1v) is 13.3. The minimum absolute atomic E-state index is 0.0315. The van der Waals surface area contributed by atoms with Crippen LogP contribution in [-0.4, -0.2) is 96.0 Å². The second-order valence-electron chi connectivity index (χ2n) is 8.40. The fourth-order valence-electron chi connectivity index (χ4n) is 3.47. The zero-order chi connectivity index (χ0) is 28.5. The quantitative estimate of drug-likeness (QED) is 0.0607. The van der Waals surface area contributed by atoms with Crippen molar-refractivity contribution < 1.29 is 42.1 Å². The van der Waals surface area contributed by atoms with Gasteiger partial charge < -0.3 is 32.0 Å². The number of carboxylic acid groups (broad SMARTS) is 1. The van der Waals surface area contributed by atoms with Crippen LogP contribution < -0.4 is 22.1 Å². The molecule has 0 unspecified atom stereocenters. The molecule has 1 aliphatic heterocycles. The van der Waals surface area contributed by atoms with Crippen LogP contribution in [0.3, 0.4) is 0 Å². The van der Waals surface area contributed by atoms with Gasteiger partial charge in [0, 0.05) is 18.2 Å². The molecule has 4 rings (SSSR count). The number of aliphatic carboxylic acids is 1. The highest BCUT2D eigenvalue weighted by molar-refractivity contribution is 7.84. The number of thiazole rings is 1. The van der Waals surface area contributed by atoms with Crippen molar-refractivity contribution in [3.05, 3.63) is 23.0 Å². The maximum absolute atomic E-state index is 13.1. The number of rotatable bonds is 12. The highest BCUT2D eigenvalue weighted by Gasteiger charge is 2.56. The van der Waals surface area contributed by atoms with Crippen LogP contribution in [0.5, 0.6) is 0 Å². The Bertz CT molecular complexity index is 1450. The molecule has 2 aromatic rings. The summed E-state index contributed by atoms with van der Waals surface area (Å²) in [5, 5.41) is 27.2. The van der Waals surface area contributed by atoms with Gasteiger partial charge in [0.25, 0.3) is 11.8 Å². The van der Waals surface area contributed by atoms with Gasteiger partial charge in [-0.2, -0.15) is 23.4 Å². The number of carbonyl (C=O) groups is 4. The number of amides is 3. The molecule has 2 aromatic heterocycles. The summed E-state index contributed by atoms with van der Waals surface area (Å²) in [6.07, 6.45) is 1.58. The van der Waals surface area contributed by atoms with E-state index in [9.17, 15) is 37.3 Å². The summed E-state index contributed by atoms with van der Waals surface area (Å²) in [6, 6.07) is -2.87. The van der Waals surface area contributed by atoms with Crippen LogP contribution in [0.25, 0.3) is 0 Å². The molecule has 1 saturated heterocycles. The molecule has 0 radical (unpaired) electrons. The van der Waals surface area contributed by atoms with Crippen LogP contribution in [0, 0.1) is 0 Å². The van der Waals surface area contributed by atoms with E-state index in [1.807, 2.05) is 0 Å². The smallest absolute Gasteiger partial charge is 0.362 e. The predicted octanol–water partition coefficient (Wildman–Crippen LogP) is -3.57. The van der Waals surface area contributed by atoms with E-state index in [1.54, 1.807) is 0 Å². The van der Waals surface area contributed by atoms with Crippen molar-refractivity contribution in [2.75, 3.05) is 12.3 Å². The van der Waals surface area contributed by atoms with Crippen molar-refractivity contribution in [2.24, 2.45) is 10.9 Å². The number of aromatic nitrogens is 4. The van der Waals surface area contributed by atoms with Crippen LogP contribution in [0.4, 0.5) is 5.13 Å². The Hall–Kier alpha value is -4.21. The normalized spacial score (nSPS) is 20.2. The SMILES string of the molecule is NCC(=O)NCc1cnn(C[C@@H]2[C@H](NC(=O)/C(=N\OC3(C(=O)O)CC3)c3csc(N)n3)C(=O)N2S(=O)(=O)O)n1. The van der Waals surface area contributed by atoms with Crippen LogP contribution in [0.15, 0.2) is 16.7 Å².